The van der Waals surface area contributed by atoms with Crippen LogP contribution in [0.3, 0.4) is 0 Å². The second-order valence-electron chi connectivity index (χ2n) is 6.77. The van der Waals surface area contributed by atoms with Crippen LogP contribution in [0, 0.1) is 0 Å². The Morgan fingerprint density at radius 3 is 2.59 bits per heavy atom. The SMILES string of the molecule is CCNC(=NCc1ccc(OC)c(OCC)c1)NC1CCN(CC(N)=O)CC1.I. The molecular weight excluding hydrogens is 485 g/mol. The topological polar surface area (TPSA) is 101 Å². The van der Waals surface area contributed by atoms with Gasteiger partial charge in [0.25, 0.3) is 0 Å². The number of ether oxygens (including phenoxy) is 2. The lowest BCUT2D eigenvalue weighted by atomic mass is 10.1. The molecule has 1 heterocycles. The zero-order valence-electron chi connectivity index (χ0n) is 17.6. The Bertz CT molecular complexity index is 664. The van der Waals surface area contributed by atoms with Gasteiger partial charge in [0.05, 0.1) is 26.8 Å². The Labute approximate surface area is 190 Å². The highest BCUT2D eigenvalue weighted by Gasteiger charge is 2.20. The summed E-state index contributed by atoms with van der Waals surface area (Å²) in [5.74, 6) is 1.98. The van der Waals surface area contributed by atoms with Crippen LogP contribution in [0.2, 0.25) is 0 Å². The number of likely N-dealkylation sites (tertiary alicyclic amines) is 1. The molecule has 1 saturated heterocycles. The van der Waals surface area contributed by atoms with Gasteiger partial charge in [-0.25, -0.2) is 4.99 Å². The number of methoxy groups -OCH3 is 1. The zero-order chi connectivity index (χ0) is 20.4. The Morgan fingerprint density at radius 1 is 1.28 bits per heavy atom. The number of nitrogens with one attached hydrogen (secondary N) is 2. The maximum atomic E-state index is 11.1. The number of benzene rings is 1. The highest BCUT2D eigenvalue weighted by Crippen LogP contribution is 2.28. The van der Waals surface area contributed by atoms with E-state index in [1.165, 1.54) is 0 Å². The predicted molar refractivity (Wildman–Crippen MR) is 126 cm³/mol. The van der Waals surface area contributed by atoms with Crippen molar-refractivity contribution in [2.24, 2.45) is 10.7 Å². The van der Waals surface area contributed by atoms with Crippen molar-refractivity contribution in [3.05, 3.63) is 23.8 Å². The van der Waals surface area contributed by atoms with Crippen molar-refractivity contribution in [3.8, 4) is 11.5 Å². The van der Waals surface area contributed by atoms with E-state index >= 15 is 0 Å². The smallest absolute Gasteiger partial charge is 0.231 e. The van der Waals surface area contributed by atoms with Gasteiger partial charge in [-0.2, -0.15) is 0 Å². The number of carbonyl (C=O) groups is 1. The number of nitrogens with two attached hydrogens (primary N) is 1. The molecule has 29 heavy (non-hydrogen) atoms. The van der Waals surface area contributed by atoms with E-state index in [2.05, 4.69) is 15.5 Å². The Hall–Kier alpha value is -1.75. The van der Waals surface area contributed by atoms with Gasteiger partial charge in [-0.3, -0.25) is 9.69 Å². The molecule has 0 radical (unpaired) electrons. The van der Waals surface area contributed by atoms with Crippen LogP contribution in [-0.2, 0) is 11.3 Å². The molecular formula is C20H34IN5O3. The molecule has 0 saturated carbocycles. The van der Waals surface area contributed by atoms with Crippen LogP contribution in [0.1, 0.15) is 32.3 Å². The number of hydrogen-bond acceptors (Lipinski definition) is 5. The molecule has 1 aliphatic heterocycles. The molecule has 164 valence electrons. The minimum atomic E-state index is -0.271. The van der Waals surface area contributed by atoms with Gasteiger partial charge in [0.1, 0.15) is 0 Å². The number of hydrogen-bond donors (Lipinski definition) is 3. The fourth-order valence-electron chi connectivity index (χ4n) is 3.23. The molecule has 0 aliphatic carbocycles. The van der Waals surface area contributed by atoms with Crippen molar-refractivity contribution >= 4 is 35.8 Å². The Balaban J connectivity index is 0.00000420. The molecule has 1 amide bonds. The second kappa shape index (κ2) is 13.5. The maximum Gasteiger partial charge on any atom is 0.231 e. The van der Waals surface area contributed by atoms with Gasteiger partial charge in [0.2, 0.25) is 5.91 Å². The molecule has 0 spiro atoms. The molecule has 1 aliphatic rings. The lowest BCUT2D eigenvalue weighted by Gasteiger charge is -2.32. The van der Waals surface area contributed by atoms with Gasteiger partial charge >= 0.3 is 0 Å². The lowest BCUT2D eigenvalue weighted by molar-refractivity contribution is -0.119. The van der Waals surface area contributed by atoms with Crippen molar-refractivity contribution in [1.29, 1.82) is 0 Å². The summed E-state index contributed by atoms with van der Waals surface area (Å²) in [6.07, 6.45) is 1.91. The van der Waals surface area contributed by atoms with Gasteiger partial charge < -0.3 is 25.8 Å². The lowest BCUT2D eigenvalue weighted by Crippen LogP contribution is -2.49. The van der Waals surface area contributed by atoms with E-state index in [9.17, 15) is 4.79 Å². The van der Waals surface area contributed by atoms with Gasteiger partial charge in [0.15, 0.2) is 17.5 Å². The third kappa shape index (κ3) is 8.65. The van der Waals surface area contributed by atoms with E-state index < -0.39 is 0 Å². The Morgan fingerprint density at radius 2 is 2.00 bits per heavy atom. The van der Waals surface area contributed by atoms with Crippen molar-refractivity contribution < 1.29 is 14.3 Å². The molecule has 4 N–H and O–H groups in total. The molecule has 0 aromatic heterocycles. The first-order valence-electron chi connectivity index (χ1n) is 9.90. The molecule has 1 aromatic carbocycles. The van der Waals surface area contributed by atoms with Crippen molar-refractivity contribution in [1.82, 2.24) is 15.5 Å². The van der Waals surface area contributed by atoms with Crippen LogP contribution in [0.15, 0.2) is 23.2 Å². The first-order chi connectivity index (χ1) is 13.5. The average Bonchev–Trinajstić information content (AvgIpc) is 2.68. The van der Waals surface area contributed by atoms with Crippen molar-refractivity contribution in [2.75, 3.05) is 39.9 Å². The second-order valence-corrected chi connectivity index (χ2v) is 6.77. The number of halogens is 1. The number of nitrogens with zero attached hydrogens (tertiary/aromatic N) is 2. The fourth-order valence-corrected chi connectivity index (χ4v) is 3.23. The monoisotopic (exact) mass is 519 g/mol. The highest BCUT2D eigenvalue weighted by atomic mass is 127. The van der Waals surface area contributed by atoms with Crippen molar-refractivity contribution in [3.63, 3.8) is 0 Å². The first kappa shape index (κ1) is 25.3. The van der Waals surface area contributed by atoms with Gasteiger partial charge in [-0.15, -0.1) is 24.0 Å². The van der Waals surface area contributed by atoms with Crippen LogP contribution in [0.5, 0.6) is 11.5 Å². The molecule has 0 unspecified atom stereocenters. The third-order valence-electron chi connectivity index (χ3n) is 4.60. The van der Waals surface area contributed by atoms with Crippen LogP contribution >= 0.6 is 24.0 Å². The van der Waals surface area contributed by atoms with Gasteiger partial charge in [-0.1, -0.05) is 6.07 Å². The minimum Gasteiger partial charge on any atom is -0.493 e. The quantitative estimate of drug-likeness (QED) is 0.261. The minimum absolute atomic E-state index is 0. The zero-order valence-corrected chi connectivity index (χ0v) is 19.9. The summed E-state index contributed by atoms with van der Waals surface area (Å²) in [5, 5.41) is 6.80. The number of guanidine groups is 1. The molecule has 9 heteroatoms. The number of carbonyl (C=O) groups excluding carboxylic acids is 1. The molecule has 1 aromatic rings. The largest absolute Gasteiger partial charge is 0.493 e. The van der Waals surface area contributed by atoms with E-state index in [4.69, 9.17) is 20.2 Å². The van der Waals surface area contributed by atoms with Gasteiger partial charge in [0, 0.05) is 25.7 Å². The summed E-state index contributed by atoms with van der Waals surface area (Å²) < 4.78 is 11.0. The summed E-state index contributed by atoms with van der Waals surface area (Å²) in [6, 6.07) is 6.20. The number of amides is 1. The summed E-state index contributed by atoms with van der Waals surface area (Å²) in [7, 11) is 1.64. The first-order valence-corrected chi connectivity index (χ1v) is 9.90. The predicted octanol–water partition coefficient (Wildman–Crippen LogP) is 1.72. The third-order valence-corrected chi connectivity index (χ3v) is 4.60. The van der Waals surface area contributed by atoms with E-state index in [0.717, 1.165) is 55.5 Å². The molecule has 2 rings (SSSR count). The van der Waals surface area contributed by atoms with Crippen LogP contribution in [0.4, 0.5) is 0 Å². The maximum absolute atomic E-state index is 11.1. The number of aliphatic imine (C=N–C) groups is 1. The summed E-state index contributed by atoms with van der Waals surface area (Å²) in [6.45, 7) is 7.97. The standard InChI is InChI=1S/C20H33N5O3.HI/c1-4-22-20(24-16-8-10-25(11-9-16)14-19(21)26)23-13-15-6-7-17(27-3)18(12-15)28-5-2;/h6-7,12,16H,4-5,8-11,13-14H2,1-3H3,(H2,21,26)(H2,22,23,24);1H. The van der Waals surface area contributed by atoms with Crippen LogP contribution < -0.4 is 25.8 Å². The van der Waals surface area contributed by atoms with E-state index in [-0.39, 0.29) is 29.9 Å². The van der Waals surface area contributed by atoms with E-state index in [1.807, 2.05) is 32.0 Å². The number of rotatable bonds is 9. The van der Waals surface area contributed by atoms with Crippen molar-refractivity contribution in [2.45, 2.75) is 39.3 Å². The molecule has 8 nitrogen and oxygen atoms in total. The van der Waals surface area contributed by atoms with E-state index in [0.29, 0.717) is 25.7 Å². The summed E-state index contributed by atoms with van der Waals surface area (Å²) in [4.78, 5) is 17.9. The Kier molecular flexibility index (Phi) is 11.7. The normalized spacial score (nSPS) is 15.3. The molecule has 1 fully saturated rings. The fraction of sp³-hybridized carbons (Fsp3) is 0.600. The highest BCUT2D eigenvalue weighted by molar-refractivity contribution is 14.0. The van der Waals surface area contributed by atoms with Crippen LogP contribution in [-0.4, -0.2) is 62.7 Å². The summed E-state index contributed by atoms with van der Waals surface area (Å²) in [5.41, 5.74) is 6.33. The van der Waals surface area contributed by atoms with Gasteiger partial charge in [-0.05, 0) is 44.4 Å². The molecule has 0 atom stereocenters. The average molecular weight is 519 g/mol. The molecule has 0 bridgehead atoms. The summed E-state index contributed by atoms with van der Waals surface area (Å²) >= 11 is 0. The van der Waals surface area contributed by atoms with Crippen LogP contribution in [0.25, 0.3) is 0 Å². The van der Waals surface area contributed by atoms with E-state index in [1.54, 1.807) is 7.11 Å². The number of primary amides is 1. The number of piperidine rings is 1.